The molecule has 2 amide bonds. The number of pyridine rings is 1. The fourth-order valence-corrected chi connectivity index (χ4v) is 3.26. The Bertz CT molecular complexity index is 682. The molecule has 0 bridgehead atoms. The van der Waals surface area contributed by atoms with Gasteiger partial charge in [0.1, 0.15) is 5.65 Å². The van der Waals surface area contributed by atoms with Crippen LogP contribution in [0, 0.1) is 12.8 Å². The molecule has 1 aliphatic carbocycles. The minimum absolute atomic E-state index is 0.209. The topological polar surface area (TPSA) is 78.7 Å². The third kappa shape index (κ3) is 4.01. The quantitative estimate of drug-likeness (QED) is 0.811. The van der Waals surface area contributed by atoms with E-state index in [9.17, 15) is 9.90 Å². The summed E-state index contributed by atoms with van der Waals surface area (Å²) in [4.78, 5) is 16.3. The van der Waals surface area contributed by atoms with E-state index in [0.29, 0.717) is 12.5 Å². The average molecular weight is 316 g/mol. The van der Waals surface area contributed by atoms with E-state index in [4.69, 9.17) is 0 Å². The number of imidazole rings is 1. The van der Waals surface area contributed by atoms with Crippen LogP contribution in [0.5, 0.6) is 0 Å². The second-order valence-corrected chi connectivity index (χ2v) is 6.34. The van der Waals surface area contributed by atoms with Gasteiger partial charge in [0.2, 0.25) is 0 Å². The van der Waals surface area contributed by atoms with Crippen LogP contribution in [0.3, 0.4) is 0 Å². The molecule has 124 valence electrons. The second-order valence-electron chi connectivity index (χ2n) is 6.34. The molecule has 6 heteroatoms. The van der Waals surface area contributed by atoms with Gasteiger partial charge in [-0.1, -0.05) is 12.8 Å². The first-order valence-electron chi connectivity index (χ1n) is 8.30. The lowest BCUT2D eigenvalue weighted by molar-refractivity contribution is 0.0658. The zero-order chi connectivity index (χ0) is 16.2. The number of aliphatic hydroxyl groups is 1. The summed E-state index contributed by atoms with van der Waals surface area (Å²) in [5.74, 6) is 0.313. The van der Waals surface area contributed by atoms with Gasteiger partial charge < -0.3 is 20.1 Å². The Kier molecular flexibility index (Phi) is 4.81. The number of rotatable bonds is 4. The molecule has 0 aromatic carbocycles. The van der Waals surface area contributed by atoms with Gasteiger partial charge in [0.25, 0.3) is 0 Å². The Labute approximate surface area is 135 Å². The van der Waals surface area contributed by atoms with E-state index in [2.05, 4.69) is 15.6 Å². The van der Waals surface area contributed by atoms with Crippen molar-refractivity contribution in [3.8, 4) is 0 Å². The first-order valence-corrected chi connectivity index (χ1v) is 8.30. The maximum atomic E-state index is 12.0. The number of urea groups is 1. The first-order chi connectivity index (χ1) is 11.1. The lowest BCUT2D eigenvalue weighted by atomic mass is 9.84. The highest BCUT2D eigenvalue weighted by molar-refractivity contribution is 5.89. The van der Waals surface area contributed by atoms with Crippen LogP contribution in [-0.4, -0.2) is 33.2 Å². The van der Waals surface area contributed by atoms with Crippen LogP contribution in [0.15, 0.2) is 24.5 Å². The SMILES string of the molecule is Cc1cn2ccc(NC(=O)NCC[C@@H]3CCCC[C@@H]3O)cc2n1. The minimum Gasteiger partial charge on any atom is -0.393 e. The zero-order valence-electron chi connectivity index (χ0n) is 13.5. The number of hydrogen-bond donors (Lipinski definition) is 3. The van der Waals surface area contributed by atoms with Gasteiger partial charge in [-0.05, 0) is 38.2 Å². The minimum atomic E-state index is -0.220. The molecule has 0 saturated heterocycles. The highest BCUT2D eigenvalue weighted by Crippen LogP contribution is 2.26. The normalized spacial score (nSPS) is 21.3. The zero-order valence-corrected chi connectivity index (χ0v) is 13.5. The smallest absolute Gasteiger partial charge is 0.319 e. The van der Waals surface area contributed by atoms with Gasteiger partial charge in [0.15, 0.2) is 0 Å². The van der Waals surface area contributed by atoms with Gasteiger partial charge in [0.05, 0.1) is 11.8 Å². The predicted octanol–water partition coefficient (Wildman–Crippen LogP) is 2.71. The van der Waals surface area contributed by atoms with E-state index >= 15 is 0 Å². The lowest BCUT2D eigenvalue weighted by Gasteiger charge is -2.27. The average Bonchev–Trinajstić information content (AvgIpc) is 2.88. The van der Waals surface area contributed by atoms with Crippen LogP contribution in [0.25, 0.3) is 5.65 Å². The second kappa shape index (κ2) is 7.00. The Morgan fingerprint density at radius 1 is 1.43 bits per heavy atom. The van der Waals surface area contributed by atoms with Crippen molar-refractivity contribution >= 4 is 17.4 Å². The predicted molar refractivity (Wildman–Crippen MR) is 89.5 cm³/mol. The summed E-state index contributed by atoms with van der Waals surface area (Å²) in [6, 6.07) is 3.47. The van der Waals surface area contributed by atoms with Crippen molar-refractivity contribution in [2.45, 2.75) is 45.1 Å². The summed E-state index contributed by atoms with van der Waals surface area (Å²) in [7, 11) is 0. The molecule has 0 radical (unpaired) electrons. The number of nitrogens with one attached hydrogen (secondary N) is 2. The maximum Gasteiger partial charge on any atom is 0.319 e. The largest absolute Gasteiger partial charge is 0.393 e. The van der Waals surface area contributed by atoms with E-state index in [1.807, 2.05) is 35.9 Å². The van der Waals surface area contributed by atoms with Crippen molar-refractivity contribution < 1.29 is 9.90 Å². The van der Waals surface area contributed by atoms with Crippen molar-refractivity contribution in [2.24, 2.45) is 5.92 Å². The Morgan fingerprint density at radius 3 is 3.09 bits per heavy atom. The van der Waals surface area contributed by atoms with Gasteiger partial charge >= 0.3 is 6.03 Å². The van der Waals surface area contributed by atoms with E-state index in [1.165, 1.54) is 6.42 Å². The number of hydrogen-bond acceptors (Lipinski definition) is 3. The summed E-state index contributed by atoms with van der Waals surface area (Å²) in [6.07, 6.45) is 8.67. The Hall–Kier alpha value is -2.08. The van der Waals surface area contributed by atoms with Crippen LogP contribution in [0.1, 0.15) is 37.8 Å². The van der Waals surface area contributed by atoms with Crippen molar-refractivity contribution in [1.29, 1.82) is 0 Å². The highest BCUT2D eigenvalue weighted by Gasteiger charge is 2.22. The molecule has 2 heterocycles. The monoisotopic (exact) mass is 316 g/mol. The van der Waals surface area contributed by atoms with Crippen LogP contribution in [-0.2, 0) is 0 Å². The molecule has 0 unspecified atom stereocenters. The summed E-state index contributed by atoms with van der Waals surface area (Å²) >= 11 is 0. The molecule has 2 atom stereocenters. The fourth-order valence-electron chi connectivity index (χ4n) is 3.26. The molecule has 1 saturated carbocycles. The Morgan fingerprint density at radius 2 is 2.26 bits per heavy atom. The number of amides is 2. The van der Waals surface area contributed by atoms with E-state index in [1.54, 1.807) is 0 Å². The van der Waals surface area contributed by atoms with Crippen LogP contribution in [0.4, 0.5) is 10.5 Å². The van der Waals surface area contributed by atoms with Gasteiger partial charge in [-0.2, -0.15) is 0 Å². The summed E-state index contributed by atoms with van der Waals surface area (Å²) in [6.45, 7) is 2.52. The molecule has 0 spiro atoms. The van der Waals surface area contributed by atoms with Crippen molar-refractivity contribution in [2.75, 3.05) is 11.9 Å². The summed E-state index contributed by atoms with van der Waals surface area (Å²) in [5, 5.41) is 15.6. The number of aromatic nitrogens is 2. The third-order valence-corrected chi connectivity index (χ3v) is 4.51. The summed E-state index contributed by atoms with van der Waals surface area (Å²) < 4.78 is 1.92. The van der Waals surface area contributed by atoms with Crippen molar-refractivity contribution in [1.82, 2.24) is 14.7 Å². The third-order valence-electron chi connectivity index (χ3n) is 4.51. The molecule has 3 rings (SSSR count). The first kappa shape index (κ1) is 15.8. The number of aryl methyl sites for hydroxylation is 1. The fraction of sp³-hybridized carbons (Fsp3) is 0.529. The van der Waals surface area contributed by atoms with E-state index in [-0.39, 0.29) is 12.1 Å². The highest BCUT2D eigenvalue weighted by atomic mass is 16.3. The van der Waals surface area contributed by atoms with Crippen LogP contribution >= 0.6 is 0 Å². The molecular formula is C17H24N4O2. The van der Waals surface area contributed by atoms with Crippen LogP contribution in [0.2, 0.25) is 0 Å². The number of anilines is 1. The van der Waals surface area contributed by atoms with Gasteiger partial charge in [-0.3, -0.25) is 0 Å². The number of fused-ring (bicyclic) bond motifs is 1. The molecule has 1 fully saturated rings. The van der Waals surface area contributed by atoms with E-state index in [0.717, 1.165) is 42.7 Å². The maximum absolute atomic E-state index is 12.0. The molecule has 6 nitrogen and oxygen atoms in total. The number of nitrogens with zero attached hydrogens (tertiary/aromatic N) is 2. The van der Waals surface area contributed by atoms with E-state index < -0.39 is 0 Å². The standard InChI is InChI=1S/C17H24N4O2/c1-12-11-21-9-7-14(10-16(21)19-12)20-17(23)18-8-6-13-4-2-3-5-15(13)22/h7,9-11,13,15,22H,2-6,8H2,1H3,(H2,18,20,23)/t13-,15-/m0/s1. The molecule has 1 aliphatic rings. The lowest BCUT2D eigenvalue weighted by Crippen LogP contribution is -2.33. The van der Waals surface area contributed by atoms with Crippen LogP contribution < -0.4 is 10.6 Å². The van der Waals surface area contributed by atoms with Gasteiger partial charge in [-0.25, -0.2) is 9.78 Å². The molecule has 2 aromatic heterocycles. The van der Waals surface area contributed by atoms with Crippen molar-refractivity contribution in [3.63, 3.8) is 0 Å². The van der Waals surface area contributed by atoms with Gasteiger partial charge in [-0.15, -0.1) is 0 Å². The van der Waals surface area contributed by atoms with Gasteiger partial charge in [0, 0.05) is 30.7 Å². The number of carbonyl (C=O) groups is 1. The molecule has 0 aliphatic heterocycles. The van der Waals surface area contributed by atoms with Crippen molar-refractivity contribution in [3.05, 3.63) is 30.2 Å². The molecule has 2 aromatic rings. The molecule has 3 N–H and O–H groups in total. The number of carbonyl (C=O) groups excluding carboxylic acids is 1. The summed E-state index contributed by atoms with van der Waals surface area (Å²) in [5.41, 5.74) is 2.47. The molecule has 23 heavy (non-hydrogen) atoms. The number of aliphatic hydroxyl groups excluding tert-OH is 1. The molecular weight excluding hydrogens is 292 g/mol. The Balaban J connectivity index is 1.48.